The van der Waals surface area contributed by atoms with E-state index in [2.05, 4.69) is 20.6 Å². The van der Waals surface area contributed by atoms with E-state index in [9.17, 15) is 4.79 Å². The van der Waals surface area contributed by atoms with Crippen molar-refractivity contribution in [2.24, 2.45) is 0 Å². The van der Waals surface area contributed by atoms with Crippen molar-refractivity contribution in [3.63, 3.8) is 0 Å². The van der Waals surface area contributed by atoms with Gasteiger partial charge >= 0.3 is 0 Å². The van der Waals surface area contributed by atoms with Crippen molar-refractivity contribution in [1.29, 1.82) is 0 Å². The summed E-state index contributed by atoms with van der Waals surface area (Å²) in [5.74, 6) is 2.30. The molecular formula is C21H20N4O4. The summed E-state index contributed by atoms with van der Waals surface area (Å²) in [6.07, 6.45) is 2.97. The maximum atomic E-state index is 12.3. The van der Waals surface area contributed by atoms with Crippen LogP contribution in [-0.4, -0.2) is 36.2 Å². The van der Waals surface area contributed by atoms with E-state index in [1.165, 1.54) is 12.4 Å². The van der Waals surface area contributed by atoms with Crippen LogP contribution in [0.15, 0.2) is 54.9 Å². The summed E-state index contributed by atoms with van der Waals surface area (Å²) in [5, 5.41) is 5.93. The Morgan fingerprint density at radius 3 is 2.48 bits per heavy atom. The summed E-state index contributed by atoms with van der Waals surface area (Å²) in [7, 11) is 1.61. The molecular weight excluding hydrogens is 372 g/mol. The van der Waals surface area contributed by atoms with Gasteiger partial charge in [-0.3, -0.25) is 4.79 Å². The highest BCUT2D eigenvalue weighted by Crippen LogP contribution is 2.33. The summed E-state index contributed by atoms with van der Waals surface area (Å²) in [6, 6.07) is 13.0. The fraction of sp³-hybridized carbons (Fsp3) is 0.190. The van der Waals surface area contributed by atoms with Gasteiger partial charge in [-0.1, -0.05) is 12.1 Å². The number of hydrogen-bond acceptors (Lipinski definition) is 7. The molecule has 2 N–H and O–H groups in total. The predicted molar refractivity (Wildman–Crippen MR) is 107 cm³/mol. The minimum Gasteiger partial charge on any atom is -0.497 e. The van der Waals surface area contributed by atoms with Gasteiger partial charge in [0.15, 0.2) is 11.5 Å². The minimum absolute atomic E-state index is 0.244. The first-order valence-corrected chi connectivity index (χ1v) is 9.11. The van der Waals surface area contributed by atoms with Gasteiger partial charge in [0, 0.05) is 30.7 Å². The first-order valence-electron chi connectivity index (χ1n) is 9.11. The number of rotatable bonds is 6. The zero-order valence-electron chi connectivity index (χ0n) is 15.8. The zero-order valence-corrected chi connectivity index (χ0v) is 15.8. The van der Waals surface area contributed by atoms with Crippen LogP contribution in [0.5, 0.6) is 17.2 Å². The number of anilines is 2. The SMILES string of the molecule is COc1ccc(CNC(=O)c2cnc(Nc3ccc4c(c3)OCCO4)nc2)cc1. The third kappa shape index (κ3) is 4.55. The van der Waals surface area contributed by atoms with Crippen LogP contribution >= 0.6 is 0 Å². The first kappa shape index (κ1) is 18.5. The lowest BCUT2D eigenvalue weighted by Gasteiger charge is -2.18. The molecule has 0 saturated carbocycles. The lowest BCUT2D eigenvalue weighted by molar-refractivity contribution is 0.0950. The number of aromatic nitrogens is 2. The summed E-state index contributed by atoms with van der Waals surface area (Å²) < 4.78 is 16.2. The van der Waals surface area contributed by atoms with Gasteiger partial charge in [0.1, 0.15) is 19.0 Å². The second-order valence-electron chi connectivity index (χ2n) is 6.31. The largest absolute Gasteiger partial charge is 0.497 e. The average molecular weight is 392 g/mol. The predicted octanol–water partition coefficient (Wildman–Crippen LogP) is 2.93. The zero-order chi connectivity index (χ0) is 20.1. The molecule has 1 aliphatic heterocycles. The lowest BCUT2D eigenvalue weighted by atomic mass is 10.2. The monoisotopic (exact) mass is 392 g/mol. The lowest BCUT2D eigenvalue weighted by Crippen LogP contribution is -2.23. The molecule has 4 rings (SSSR count). The number of amides is 1. The number of fused-ring (bicyclic) bond motifs is 1. The fourth-order valence-electron chi connectivity index (χ4n) is 2.79. The minimum atomic E-state index is -0.244. The van der Waals surface area contributed by atoms with Crippen molar-refractivity contribution >= 4 is 17.5 Å². The van der Waals surface area contributed by atoms with Crippen molar-refractivity contribution in [3.8, 4) is 17.2 Å². The highest BCUT2D eigenvalue weighted by Gasteiger charge is 2.12. The Morgan fingerprint density at radius 2 is 1.76 bits per heavy atom. The molecule has 8 nitrogen and oxygen atoms in total. The third-order valence-corrected chi connectivity index (χ3v) is 4.32. The normalized spacial score (nSPS) is 12.2. The van der Waals surface area contributed by atoms with Crippen LogP contribution in [0.1, 0.15) is 15.9 Å². The Morgan fingerprint density at radius 1 is 1.03 bits per heavy atom. The van der Waals surface area contributed by atoms with Crippen molar-refractivity contribution in [3.05, 3.63) is 66.0 Å². The number of nitrogens with one attached hydrogen (secondary N) is 2. The first-order chi connectivity index (χ1) is 14.2. The Labute approximate surface area is 167 Å². The summed E-state index contributed by atoms with van der Waals surface area (Å²) >= 11 is 0. The van der Waals surface area contributed by atoms with Crippen LogP contribution in [0.4, 0.5) is 11.6 Å². The maximum Gasteiger partial charge on any atom is 0.254 e. The van der Waals surface area contributed by atoms with Crippen LogP contribution in [-0.2, 0) is 6.54 Å². The standard InChI is InChI=1S/C21H20N4O4/c1-27-17-5-2-14(3-6-17)11-22-20(26)15-12-23-21(24-13-15)25-16-4-7-18-19(10-16)29-9-8-28-18/h2-7,10,12-13H,8-9,11H2,1H3,(H,22,26)(H,23,24,25). The van der Waals surface area contributed by atoms with Crippen LogP contribution in [0.25, 0.3) is 0 Å². The number of benzene rings is 2. The summed E-state index contributed by atoms with van der Waals surface area (Å²) in [5.41, 5.74) is 2.12. The van der Waals surface area contributed by atoms with Crippen molar-refractivity contribution in [1.82, 2.24) is 15.3 Å². The number of carbonyl (C=O) groups is 1. The van der Waals surface area contributed by atoms with E-state index in [4.69, 9.17) is 14.2 Å². The molecule has 0 bridgehead atoms. The van der Waals surface area contributed by atoms with E-state index >= 15 is 0 Å². The molecule has 8 heteroatoms. The quantitative estimate of drug-likeness (QED) is 0.666. The van der Waals surface area contributed by atoms with E-state index in [-0.39, 0.29) is 5.91 Å². The number of carbonyl (C=O) groups excluding carboxylic acids is 1. The molecule has 0 fully saturated rings. The van der Waals surface area contributed by atoms with Gasteiger partial charge in [-0.15, -0.1) is 0 Å². The summed E-state index contributed by atoms with van der Waals surface area (Å²) in [6.45, 7) is 1.47. The Bertz CT molecular complexity index is 991. The molecule has 0 radical (unpaired) electrons. The van der Waals surface area contributed by atoms with E-state index in [0.29, 0.717) is 42.8 Å². The Kier molecular flexibility index (Phi) is 5.42. The molecule has 3 aromatic rings. The average Bonchev–Trinajstić information content (AvgIpc) is 2.78. The Hall–Kier alpha value is -3.81. The maximum absolute atomic E-state index is 12.3. The highest BCUT2D eigenvalue weighted by molar-refractivity contribution is 5.93. The van der Waals surface area contributed by atoms with Gasteiger partial charge < -0.3 is 24.8 Å². The van der Waals surface area contributed by atoms with Crippen LogP contribution in [0, 0.1) is 0 Å². The van der Waals surface area contributed by atoms with Crippen LogP contribution < -0.4 is 24.8 Å². The molecule has 29 heavy (non-hydrogen) atoms. The molecule has 0 atom stereocenters. The highest BCUT2D eigenvalue weighted by atomic mass is 16.6. The number of methoxy groups -OCH3 is 1. The van der Waals surface area contributed by atoms with E-state index in [0.717, 1.165) is 17.0 Å². The van der Waals surface area contributed by atoms with Crippen LogP contribution in [0.3, 0.4) is 0 Å². The molecule has 1 aromatic heterocycles. The van der Waals surface area contributed by atoms with E-state index in [1.54, 1.807) is 7.11 Å². The summed E-state index contributed by atoms with van der Waals surface area (Å²) in [4.78, 5) is 20.7. The Balaban J connectivity index is 1.35. The van der Waals surface area contributed by atoms with Gasteiger partial charge in [-0.25, -0.2) is 9.97 Å². The van der Waals surface area contributed by atoms with Gasteiger partial charge in [0.05, 0.1) is 12.7 Å². The van der Waals surface area contributed by atoms with E-state index in [1.807, 2.05) is 42.5 Å². The second kappa shape index (κ2) is 8.47. The molecule has 0 unspecified atom stereocenters. The molecule has 1 aliphatic rings. The smallest absolute Gasteiger partial charge is 0.254 e. The number of nitrogens with zero attached hydrogens (tertiary/aromatic N) is 2. The molecule has 0 saturated heterocycles. The van der Waals surface area contributed by atoms with Crippen LogP contribution in [0.2, 0.25) is 0 Å². The molecule has 0 spiro atoms. The molecule has 0 aliphatic carbocycles. The molecule has 148 valence electrons. The molecule has 1 amide bonds. The second-order valence-corrected chi connectivity index (χ2v) is 6.31. The number of ether oxygens (including phenoxy) is 3. The molecule has 2 aromatic carbocycles. The van der Waals surface area contributed by atoms with Gasteiger partial charge in [-0.05, 0) is 29.8 Å². The van der Waals surface area contributed by atoms with Gasteiger partial charge in [0.2, 0.25) is 5.95 Å². The van der Waals surface area contributed by atoms with Crippen molar-refractivity contribution in [2.45, 2.75) is 6.54 Å². The van der Waals surface area contributed by atoms with Crippen molar-refractivity contribution in [2.75, 3.05) is 25.6 Å². The topological polar surface area (TPSA) is 94.6 Å². The van der Waals surface area contributed by atoms with Crippen molar-refractivity contribution < 1.29 is 19.0 Å². The van der Waals surface area contributed by atoms with E-state index < -0.39 is 0 Å². The third-order valence-electron chi connectivity index (χ3n) is 4.32. The van der Waals surface area contributed by atoms with Gasteiger partial charge in [0.25, 0.3) is 5.91 Å². The number of hydrogen-bond donors (Lipinski definition) is 2. The molecule has 2 heterocycles. The fourth-order valence-corrected chi connectivity index (χ4v) is 2.79. The van der Waals surface area contributed by atoms with Gasteiger partial charge in [-0.2, -0.15) is 0 Å².